The van der Waals surface area contributed by atoms with Crippen molar-refractivity contribution >= 4 is 26.8 Å². The Morgan fingerprint density at radius 1 is 1.33 bits per heavy atom. The van der Waals surface area contributed by atoms with E-state index < -0.39 is 11.7 Å². The molecule has 0 unspecified atom stereocenters. The molecule has 0 amide bonds. The molecule has 0 radical (unpaired) electrons. The maximum absolute atomic E-state index is 13.7. The fourth-order valence-electron chi connectivity index (χ4n) is 1.39. The SMILES string of the molecule is Cc1cc2c(O)cc(O)nc2c(F)c1Br. The second-order valence-electron chi connectivity index (χ2n) is 3.22. The van der Waals surface area contributed by atoms with Gasteiger partial charge in [0.1, 0.15) is 11.3 Å². The van der Waals surface area contributed by atoms with Crippen LogP contribution in [0.5, 0.6) is 11.6 Å². The standard InChI is InChI=1S/C10H7BrFNO2/c1-4-2-5-6(14)3-7(15)13-10(5)9(12)8(4)11/h2-3H,1H3,(H2,13,14,15). The van der Waals surface area contributed by atoms with Crippen LogP contribution in [0.3, 0.4) is 0 Å². The highest BCUT2D eigenvalue weighted by Crippen LogP contribution is 2.33. The molecule has 0 atom stereocenters. The molecule has 0 bridgehead atoms. The largest absolute Gasteiger partial charge is 0.507 e. The molecule has 3 nitrogen and oxygen atoms in total. The zero-order chi connectivity index (χ0) is 11.2. The van der Waals surface area contributed by atoms with E-state index in [1.165, 1.54) is 0 Å². The summed E-state index contributed by atoms with van der Waals surface area (Å²) in [5.41, 5.74) is 0.604. The summed E-state index contributed by atoms with van der Waals surface area (Å²) in [5.74, 6) is -1.18. The lowest BCUT2D eigenvalue weighted by Crippen LogP contribution is -1.90. The van der Waals surface area contributed by atoms with E-state index in [0.717, 1.165) is 6.07 Å². The summed E-state index contributed by atoms with van der Waals surface area (Å²) in [6.07, 6.45) is 0. The molecule has 0 saturated carbocycles. The maximum atomic E-state index is 13.7. The first kappa shape index (κ1) is 10.2. The van der Waals surface area contributed by atoms with Gasteiger partial charge in [0.05, 0.1) is 4.47 Å². The van der Waals surface area contributed by atoms with Crippen LogP contribution >= 0.6 is 15.9 Å². The first-order chi connectivity index (χ1) is 7.00. The van der Waals surface area contributed by atoms with Gasteiger partial charge in [0, 0.05) is 11.5 Å². The minimum absolute atomic E-state index is 0.0509. The lowest BCUT2D eigenvalue weighted by molar-refractivity contribution is 0.439. The van der Waals surface area contributed by atoms with Crippen LogP contribution in [0.4, 0.5) is 4.39 Å². The van der Waals surface area contributed by atoms with Gasteiger partial charge in [-0.2, -0.15) is 0 Å². The van der Waals surface area contributed by atoms with Crippen molar-refractivity contribution in [2.75, 3.05) is 0 Å². The van der Waals surface area contributed by atoms with Gasteiger partial charge in [0.15, 0.2) is 5.82 Å². The molecular formula is C10H7BrFNO2. The molecule has 1 heterocycles. The number of fused-ring (bicyclic) bond motifs is 1. The molecule has 1 aromatic carbocycles. The van der Waals surface area contributed by atoms with Crippen LogP contribution in [0.1, 0.15) is 5.56 Å². The summed E-state index contributed by atoms with van der Waals surface area (Å²) in [7, 11) is 0. The lowest BCUT2D eigenvalue weighted by atomic mass is 10.1. The number of aromatic nitrogens is 1. The predicted octanol–water partition coefficient (Wildman–Crippen LogP) is 2.86. The number of nitrogens with zero attached hydrogens (tertiary/aromatic N) is 1. The lowest BCUT2D eigenvalue weighted by Gasteiger charge is -2.06. The summed E-state index contributed by atoms with van der Waals surface area (Å²) >= 11 is 3.07. The van der Waals surface area contributed by atoms with Crippen LogP contribution in [-0.4, -0.2) is 15.2 Å². The van der Waals surface area contributed by atoms with E-state index in [1.54, 1.807) is 13.0 Å². The smallest absolute Gasteiger partial charge is 0.215 e. The van der Waals surface area contributed by atoms with E-state index in [1.807, 2.05) is 0 Å². The molecule has 0 saturated heterocycles. The van der Waals surface area contributed by atoms with Gasteiger partial charge in [-0.05, 0) is 34.5 Å². The zero-order valence-electron chi connectivity index (χ0n) is 7.75. The molecule has 1 aromatic heterocycles. The molecule has 0 fully saturated rings. The summed E-state index contributed by atoms with van der Waals surface area (Å²) in [5, 5.41) is 18.9. The van der Waals surface area contributed by atoms with Crippen molar-refractivity contribution in [1.82, 2.24) is 4.98 Å². The summed E-state index contributed by atoms with van der Waals surface area (Å²) in [6, 6.07) is 2.68. The fraction of sp³-hybridized carbons (Fsp3) is 0.100. The number of hydrogen-bond donors (Lipinski definition) is 2. The van der Waals surface area contributed by atoms with Crippen molar-refractivity contribution < 1.29 is 14.6 Å². The number of rotatable bonds is 0. The number of halogens is 2. The van der Waals surface area contributed by atoms with Gasteiger partial charge in [-0.25, -0.2) is 9.37 Å². The van der Waals surface area contributed by atoms with E-state index in [-0.39, 0.29) is 21.1 Å². The molecule has 78 valence electrons. The van der Waals surface area contributed by atoms with Gasteiger partial charge in [-0.15, -0.1) is 0 Å². The maximum Gasteiger partial charge on any atom is 0.215 e. The van der Waals surface area contributed by atoms with E-state index in [9.17, 15) is 9.50 Å². The molecule has 0 spiro atoms. The number of hydrogen-bond acceptors (Lipinski definition) is 3. The normalized spacial score (nSPS) is 10.9. The average molecular weight is 272 g/mol. The molecule has 0 aliphatic heterocycles. The average Bonchev–Trinajstić information content (AvgIpc) is 2.17. The Kier molecular flexibility index (Phi) is 2.26. The Labute approximate surface area is 93.3 Å². The quantitative estimate of drug-likeness (QED) is 0.775. The van der Waals surface area contributed by atoms with Gasteiger partial charge in [-0.1, -0.05) is 0 Å². The van der Waals surface area contributed by atoms with Gasteiger partial charge in [0.2, 0.25) is 5.88 Å². The van der Waals surface area contributed by atoms with Crippen molar-refractivity contribution in [3.05, 3.63) is 28.0 Å². The summed E-state index contributed by atoms with van der Waals surface area (Å²) < 4.78 is 14.0. The van der Waals surface area contributed by atoms with E-state index in [0.29, 0.717) is 5.56 Å². The van der Waals surface area contributed by atoms with E-state index in [4.69, 9.17) is 5.11 Å². The Morgan fingerprint density at radius 3 is 2.67 bits per heavy atom. The Hall–Kier alpha value is -1.36. The first-order valence-corrected chi connectivity index (χ1v) is 4.97. The zero-order valence-corrected chi connectivity index (χ0v) is 9.34. The van der Waals surface area contributed by atoms with Gasteiger partial charge < -0.3 is 10.2 Å². The highest BCUT2D eigenvalue weighted by molar-refractivity contribution is 9.10. The van der Waals surface area contributed by atoms with Gasteiger partial charge in [0.25, 0.3) is 0 Å². The number of pyridine rings is 1. The molecule has 2 aromatic rings. The Morgan fingerprint density at radius 2 is 2.00 bits per heavy atom. The Bertz CT molecular complexity index is 557. The monoisotopic (exact) mass is 271 g/mol. The van der Waals surface area contributed by atoms with Crippen molar-refractivity contribution in [3.8, 4) is 11.6 Å². The topological polar surface area (TPSA) is 53.4 Å². The highest BCUT2D eigenvalue weighted by atomic mass is 79.9. The minimum Gasteiger partial charge on any atom is -0.507 e. The fourth-order valence-corrected chi connectivity index (χ4v) is 1.70. The van der Waals surface area contributed by atoms with Crippen molar-refractivity contribution in [3.63, 3.8) is 0 Å². The Balaban J connectivity index is 2.98. The number of aromatic hydroxyl groups is 2. The van der Waals surface area contributed by atoms with Crippen molar-refractivity contribution in [2.45, 2.75) is 6.92 Å². The van der Waals surface area contributed by atoms with Crippen LogP contribution in [0.15, 0.2) is 16.6 Å². The van der Waals surface area contributed by atoms with Crippen molar-refractivity contribution in [1.29, 1.82) is 0 Å². The number of benzene rings is 1. The van der Waals surface area contributed by atoms with Crippen LogP contribution < -0.4 is 0 Å². The van der Waals surface area contributed by atoms with Crippen LogP contribution in [-0.2, 0) is 0 Å². The van der Waals surface area contributed by atoms with Crippen LogP contribution in [0, 0.1) is 12.7 Å². The predicted molar refractivity (Wildman–Crippen MR) is 57.5 cm³/mol. The number of aryl methyl sites for hydroxylation is 1. The second-order valence-corrected chi connectivity index (χ2v) is 4.01. The third-order valence-corrected chi connectivity index (χ3v) is 3.10. The van der Waals surface area contributed by atoms with Crippen LogP contribution in [0.25, 0.3) is 10.9 Å². The third-order valence-electron chi connectivity index (χ3n) is 2.13. The summed E-state index contributed by atoms with van der Waals surface area (Å²) in [4.78, 5) is 3.63. The molecule has 15 heavy (non-hydrogen) atoms. The second kappa shape index (κ2) is 3.34. The first-order valence-electron chi connectivity index (χ1n) is 4.18. The molecule has 2 N–H and O–H groups in total. The van der Waals surface area contributed by atoms with E-state index >= 15 is 0 Å². The molecule has 2 rings (SSSR count). The highest BCUT2D eigenvalue weighted by Gasteiger charge is 2.13. The molecule has 0 aliphatic carbocycles. The molecular weight excluding hydrogens is 265 g/mol. The van der Waals surface area contributed by atoms with Gasteiger partial charge >= 0.3 is 0 Å². The summed E-state index contributed by atoms with van der Waals surface area (Å²) in [6.45, 7) is 1.71. The molecule has 5 heteroatoms. The third kappa shape index (κ3) is 1.52. The van der Waals surface area contributed by atoms with Gasteiger partial charge in [-0.3, -0.25) is 0 Å². The minimum atomic E-state index is -0.587. The van der Waals surface area contributed by atoms with Crippen LogP contribution in [0.2, 0.25) is 0 Å². The van der Waals surface area contributed by atoms with E-state index in [2.05, 4.69) is 20.9 Å². The van der Waals surface area contributed by atoms with Crippen molar-refractivity contribution in [2.24, 2.45) is 0 Å². The molecule has 0 aliphatic rings.